The smallest absolute Gasteiger partial charge is 0.384 e. The average Bonchev–Trinajstić information content (AvgIpc) is 3.29. The van der Waals surface area contributed by atoms with Crippen LogP contribution in [-0.4, -0.2) is 147 Å². The Labute approximate surface area is 405 Å². The Bertz CT molecular complexity index is 1350. The van der Waals surface area contributed by atoms with E-state index in [1.165, 1.54) is 83.5 Å². The van der Waals surface area contributed by atoms with Gasteiger partial charge in [0.2, 0.25) is 0 Å². The van der Waals surface area contributed by atoms with E-state index in [0.717, 1.165) is 36.4 Å². The molecular weight excluding hydrogens is 848 g/mol. The molecule has 388 valence electrons. The van der Waals surface area contributed by atoms with Gasteiger partial charge >= 0.3 is 238 Å². The Morgan fingerprint density at radius 3 is 1.79 bits per heavy atom. The molecule has 0 amide bonds. The Hall–Kier alpha value is -0.420. The van der Waals surface area contributed by atoms with E-state index < -0.39 is 67.1 Å². The Balaban J connectivity index is 1.27. The molecule has 13 atom stereocenters. The minimum Gasteiger partial charge on any atom is -0.384 e. The summed E-state index contributed by atoms with van der Waals surface area (Å²) in [6.07, 6.45) is 28.5. The van der Waals surface area contributed by atoms with Gasteiger partial charge in [-0.15, -0.1) is 0 Å². The molecule has 0 aromatic heterocycles. The van der Waals surface area contributed by atoms with Gasteiger partial charge in [0, 0.05) is 6.04 Å². The fourth-order valence-electron chi connectivity index (χ4n) is 15.0. The van der Waals surface area contributed by atoms with Crippen LogP contribution in [0.25, 0.3) is 0 Å². The summed E-state index contributed by atoms with van der Waals surface area (Å²) < 4.78 is 19.0. The van der Waals surface area contributed by atoms with Gasteiger partial charge in [0.25, 0.3) is 0 Å². The molecule has 66 heavy (non-hydrogen) atoms. The number of hydrogen-bond donors (Lipinski definition) is 4. The summed E-state index contributed by atoms with van der Waals surface area (Å²) in [7, 11) is 2.46. The summed E-state index contributed by atoms with van der Waals surface area (Å²) in [5.41, 5.74) is 0.249. The number of aliphatic hydroxyl groups is 4. The first-order chi connectivity index (χ1) is 31.3. The van der Waals surface area contributed by atoms with Gasteiger partial charge in [-0.05, 0) is 60.0 Å². The van der Waals surface area contributed by atoms with Crippen LogP contribution in [-0.2, 0) is 19.0 Å². The van der Waals surface area contributed by atoms with Gasteiger partial charge < -0.3 is 34.4 Å². The van der Waals surface area contributed by atoms with Crippen LogP contribution in [0, 0.1) is 17.8 Å². The molecule has 3 saturated carbocycles. The fourth-order valence-corrected chi connectivity index (χ4v) is 23.5. The Morgan fingerprint density at radius 2 is 1.27 bits per heavy atom. The van der Waals surface area contributed by atoms with Crippen molar-refractivity contribution >= 4 is 13.2 Å². The fraction of sp³-hybridized carbons (Fsp3) is 0.982. The molecule has 5 fully saturated rings. The van der Waals surface area contributed by atoms with Crippen molar-refractivity contribution < 1.29 is 39.4 Å². The second-order valence-electron chi connectivity index (χ2n) is 24.1. The van der Waals surface area contributed by atoms with E-state index in [4.69, 9.17) is 14.2 Å². The van der Waals surface area contributed by atoms with Crippen LogP contribution >= 0.6 is 7.26 Å². The minimum absolute atomic E-state index is 0.00660. The zero-order chi connectivity index (χ0) is 48.2. The van der Waals surface area contributed by atoms with Crippen LogP contribution in [0.2, 0.25) is 0 Å². The van der Waals surface area contributed by atoms with Gasteiger partial charge in [-0.3, -0.25) is 4.79 Å². The summed E-state index contributed by atoms with van der Waals surface area (Å²) in [6, 6.07) is -0.597. The van der Waals surface area contributed by atoms with E-state index in [1.807, 2.05) is 60.5 Å². The molecule has 2 heterocycles. The third-order valence-corrected chi connectivity index (χ3v) is 25.9. The standard InChI is InChI=1S/C55H105N2O8P/c1-11-48-55(8,62)50(59)43(6)57(33-25-14-12-13-15-26-34-66(44-27-19-16-20-28-44,45-29-21-17-22-30-45)46-31-23-18-24-32-46)38-39(2)37-54(7,61)51(40(3)35-41(4)52(60)64-48)65-53-49(58)47(56(9)10)36-42(5)63-53/h39-51,53,58-59,61-62,66H,11-38H2,1-10H3/t39-,40+,41-,42-,43-,47+,48-,49-,50-,51-,53+,54-,55-/m1/s1. The van der Waals surface area contributed by atoms with Gasteiger partial charge in [0.15, 0.2) is 6.29 Å². The number of hydrogen-bond acceptors (Lipinski definition) is 10. The summed E-state index contributed by atoms with van der Waals surface area (Å²) in [5, 5.41) is 48.1. The zero-order valence-corrected chi connectivity index (χ0v) is 45.2. The number of esters is 1. The number of nitrogens with zero attached hydrogens (tertiary/aromatic N) is 2. The summed E-state index contributed by atoms with van der Waals surface area (Å²) in [5.74, 6) is -1.33. The quantitative estimate of drug-likeness (QED) is 0.0674. The number of carbonyl (C=O) groups is 1. The maximum absolute atomic E-state index is 13.8. The van der Waals surface area contributed by atoms with E-state index in [2.05, 4.69) is 11.8 Å². The number of likely N-dealkylation sites (N-methyl/N-ethyl adjacent to an activating group) is 1. The van der Waals surface area contributed by atoms with Crippen molar-refractivity contribution in [3.63, 3.8) is 0 Å². The number of unbranched alkanes of at least 4 members (excludes halogenated alkanes) is 5. The third kappa shape index (κ3) is 14.6. The van der Waals surface area contributed by atoms with Crippen LogP contribution < -0.4 is 0 Å². The predicted molar refractivity (Wildman–Crippen MR) is 274 cm³/mol. The maximum atomic E-state index is 13.8. The number of cyclic esters (lactones) is 1. The molecule has 5 aliphatic rings. The molecule has 10 nitrogen and oxygen atoms in total. The molecule has 11 heteroatoms. The van der Waals surface area contributed by atoms with Gasteiger partial charge in [-0.1, -0.05) is 20.8 Å². The monoisotopic (exact) mass is 953 g/mol. The van der Waals surface area contributed by atoms with Crippen LogP contribution in [0.4, 0.5) is 0 Å². The van der Waals surface area contributed by atoms with Crippen molar-refractivity contribution in [3.05, 3.63) is 0 Å². The molecule has 3 aliphatic carbocycles. The van der Waals surface area contributed by atoms with E-state index in [1.54, 1.807) is 51.6 Å². The molecule has 2 aliphatic heterocycles. The predicted octanol–water partition coefficient (Wildman–Crippen LogP) is 10.5. The van der Waals surface area contributed by atoms with Crippen molar-refractivity contribution in [2.24, 2.45) is 17.8 Å². The van der Waals surface area contributed by atoms with Gasteiger partial charge in [-0.25, -0.2) is 0 Å². The second kappa shape index (κ2) is 26.3. The van der Waals surface area contributed by atoms with Crippen molar-refractivity contribution in [2.75, 3.05) is 33.3 Å². The number of rotatable bonds is 16. The van der Waals surface area contributed by atoms with E-state index in [0.29, 0.717) is 32.2 Å². The van der Waals surface area contributed by atoms with Crippen molar-refractivity contribution in [3.8, 4) is 0 Å². The van der Waals surface area contributed by atoms with Crippen molar-refractivity contribution in [2.45, 2.75) is 293 Å². The molecule has 2 saturated heterocycles. The Kier molecular flexibility index (Phi) is 22.5. The van der Waals surface area contributed by atoms with Gasteiger partial charge in [-0.2, -0.15) is 0 Å². The van der Waals surface area contributed by atoms with Crippen LogP contribution in [0.3, 0.4) is 0 Å². The molecule has 0 radical (unpaired) electrons. The normalized spacial score (nSPS) is 39.0. The number of aliphatic hydroxyl groups excluding tert-OH is 2. The first-order valence-electron chi connectivity index (χ1n) is 28.1. The average molecular weight is 953 g/mol. The number of carbonyl (C=O) groups excluding carboxylic acids is 1. The van der Waals surface area contributed by atoms with Gasteiger partial charge in [0.05, 0.1) is 23.7 Å². The zero-order valence-electron chi connectivity index (χ0n) is 44.2. The minimum atomic E-state index is -1.67. The second-order valence-corrected chi connectivity index (χ2v) is 29.3. The van der Waals surface area contributed by atoms with Crippen LogP contribution in [0.15, 0.2) is 0 Å². The summed E-state index contributed by atoms with van der Waals surface area (Å²) in [6.45, 7) is 16.6. The molecular formula is C55H105N2O8P. The van der Waals surface area contributed by atoms with E-state index in [9.17, 15) is 25.2 Å². The Morgan fingerprint density at radius 1 is 0.758 bits per heavy atom. The van der Waals surface area contributed by atoms with E-state index >= 15 is 0 Å². The van der Waals surface area contributed by atoms with Crippen LogP contribution in [0.5, 0.6) is 0 Å². The van der Waals surface area contributed by atoms with Crippen molar-refractivity contribution in [1.82, 2.24) is 9.80 Å². The molecule has 0 bridgehead atoms. The molecule has 0 spiro atoms. The molecule has 5 rings (SSSR count). The summed E-state index contributed by atoms with van der Waals surface area (Å²) in [4.78, 5) is 18.1. The molecule has 4 N–H and O–H groups in total. The van der Waals surface area contributed by atoms with Crippen LogP contribution in [0.1, 0.15) is 216 Å². The summed E-state index contributed by atoms with van der Waals surface area (Å²) >= 11 is 0. The molecule has 0 aromatic carbocycles. The first kappa shape index (κ1) is 56.5. The van der Waals surface area contributed by atoms with Gasteiger partial charge in [0.1, 0.15) is 12.2 Å². The first-order valence-corrected chi connectivity index (χ1v) is 30.5. The number of ether oxygens (including phenoxy) is 3. The molecule has 0 unspecified atom stereocenters. The SMILES string of the molecule is CC[C@H]1OC(=O)[C@H](C)C[C@H](C)[C@@H](O[C@@H]2O[C@H](C)C[C@H](N(C)C)[C@H]2O)[C@](C)(O)C[C@@H](C)CN(CCCCCCCC[PH](C2CCCCC2)(C2CCCCC2)C2CCCCC2)[C@H](C)[C@@H](O)[C@]1(C)O. The topological polar surface area (TPSA) is 132 Å². The van der Waals surface area contributed by atoms with E-state index in [-0.39, 0.29) is 24.0 Å². The third-order valence-electron chi connectivity index (χ3n) is 18.4. The van der Waals surface area contributed by atoms with Crippen molar-refractivity contribution in [1.29, 1.82) is 0 Å². The molecule has 0 aromatic rings.